The second kappa shape index (κ2) is 12.6. The monoisotopic (exact) mass is 503 g/mol. The van der Waals surface area contributed by atoms with Crippen LogP contribution < -0.4 is 4.74 Å². The molecule has 1 heterocycles. The third-order valence-corrected chi connectivity index (χ3v) is 6.12. The van der Waals surface area contributed by atoms with E-state index in [-0.39, 0.29) is 18.5 Å². The molecule has 7 heteroatoms. The van der Waals surface area contributed by atoms with Gasteiger partial charge in [-0.1, -0.05) is 60.7 Å². The van der Waals surface area contributed by atoms with Crippen LogP contribution in [-0.4, -0.2) is 45.1 Å². The summed E-state index contributed by atoms with van der Waals surface area (Å²) < 4.78 is 27.2. The van der Waals surface area contributed by atoms with Gasteiger partial charge in [0.05, 0.1) is 24.9 Å². The Hall–Kier alpha value is -3.52. The Balaban J connectivity index is 1.54. The quantitative estimate of drug-likeness (QED) is 0.265. The van der Waals surface area contributed by atoms with Crippen molar-refractivity contribution in [1.82, 2.24) is 14.7 Å². The number of hydrogen-bond donors (Lipinski definition) is 1. The van der Waals surface area contributed by atoms with E-state index >= 15 is 0 Å². The molecule has 0 aliphatic carbocycles. The summed E-state index contributed by atoms with van der Waals surface area (Å²) in [5, 5.41) is 15.6. The second-order valence-corrected chi connectivity index (χ2v) is 9.36. The van der Waals surface area contributed by atoms with E-state index in [0.717, 1.165) is 22.4 Å². The van der Waals surface area contributed by atoms with Crippen molar-refractivity contribution in [2.75, 3.05) is 13.2 Å². The number of halogens is 1. The van der Waals surface area contributed by atoms with Crippen molar-refractivity contribution < 1.29 is 19.0 Å². The predicted molar refractivity (Wildman–Crippen MR) is 143 cm³/mol. The molecule has 0 bridgehead atoms. The van der Waals surface area contributed by atoms with Crippen molar-refractivity contribution in [2.45, 2.75) is 39.1 Å². The van der Waals surface area contributed by atoms with Crippen molar-refractivity contribution >= 4 is 0 Å². The van der Waals surface area contributed by atoms with E-state index in [1.807, 2.05) is 67.7 Å². The molecule has 1 aromatic heterocycles. The smallest absolute Gasteiger partial charge is 0.222 e. The van der Waals surface area contributed by atoms with Crippen LogP contribution in [0.25, 0.3) is 11.3 Å². The van der Waals surface area contributed by atoms with Crippen LogP contribution in [0, 0.1) is 5.82 Å². The molecule has 0 amide bonds. The zero-order chi connectivity index (χ0) is 26.2. The summed E-state index contributed by atoms with van der Waals surface area (Å²) >= 11 is 0. The molecular formula is C30H34FN3O3. The van der Waals surface area contributed by atoms with Gasteiger partial charge in [0, 0.05) is 31.7 Å². The third-order valence-electron chi connectivity index (χ3n) is 6.12. The van der Waals surface area contributed by atoms with Crippen molar-refractivity contribution in [3.05, 3.63) is 102 Å². The zero-order valence-electron chi connectivity index (χ0n) is 21.5. The molecule has 37 heavy (non-hydrogen) atoms. The number of aliphatic hydroxyl groups is 1. The number of hydrogen-bond acceptors (Lipinski definition) is 5. The van der Waals surface area contributed by atoms with Crippen molar-refractivity contribution in [2.24, 2.45) is 7.05 Å². The van der Waals surface area contributed by atoms with Gasteiger partial charge in [0.25, 0.3) is 0 Å². The van der Waals surface area contributed by atoms with Crippen LogP contribution in [0.5, 0.6) is 11.6 Å². The molecule has 0 unspecified atom stereocenters. The summed E-state index contributed by atoms with van der Waals surface area (Å²) in [6.07, 6.45) is -0.663. The first kappa shape index (κ1) is 26.5. The van der Waals surface area contributed by atoms with Gasteiger partial charge in [-0.15, -0.1) is 0 Å². The molecule has 0 spiro atoms. The number of nitrogens with zero attached hydrogens (tertiary/aromatic N) is 3. The van der Waals surface area contributed by atoms with Crippen molar-refractivity contribution in [3.63, 3.8) is 0 Å². The first-order valence-electron chi connectivity index (χ1n) is 12.5. The lowest BCUT2D eigenvalue weighted by Crippen LogP contribution is -2.39. The van der Waals surface area contributed by atoms with Gasteiger partial charge in [-0.3, -0.25) is 4.90 Å². The molecule has 1 atom stereocenters. The molecule has 0 radical (unpaired) electrons. The van der Waals surface area contributed by atoms with Gasteiger partial charge in [0.15, 0.2) is 0 Å². The van der Waals surface area contributed by atoms with Crippen LogP contribution in [0.1, 0.15) is 25.0 Å². The van der Waals surface area contributed by atoms with E-state index in [9.17, 15) is 9.50 Å². The summed E-state index contributed by atoms with van der Waals surface area (Å²) in [7, 11) is 1.83. The molecule has 0 fully saturated rings. The highest BCUT2D eigenvalue weighted by molar-refractivity contribution is 5.65. The lowest BCUT2D eigenvalue weighted by atomic mass is 10.1. The number of aromatic nitrogens is 2. The summed E-state index contributed by atoms with van der Waals surface area (Å²) in [5.41, 5.74) is 3.74. The Bertz CT molecular complexity index is 1240. The van der Waals surface area contributed by atoms with E-state index in [2.05, 4.69) is 18.7 Å². The molecule has 0 aliphatic rings. The highest BCUT2D eigenvalue weighted by atomic mass is 19.1. The topological polar surface area (TPSA) is 59.8 Å². The Kier molecular flexibility index (Phi) is 9.06. The highest BCUT2D eigenvalue weighted by Gasteiger charge is 2.24. The Labute approximate surface area is 217 Å². The second-order valence-electron chi connectivity index (χ2n) is 9.36. The number of ether oxygens (including phenoxy) is 2. The van der Waals surface area contributed by atoms with E-state index < -0.39 is 6.10 Å². The van der Waals surface area contributed by atoms with Crippen molar-refractivity contribution in [1.29, 1.82) is 0 Å². The number of rotatable bonds is 12. The first-order chi connectivity index (χ1) is 17.9. The molecule has 0 saturated carbocycles. The van der Waals surface area contributed by atoms with Gasteiger partial charge >= 0.3 is 0 Å². The van der Waals surface area contributed by atoms with E-state index in [0.29, 0.717) is 31.3 Å². The minimum Gasteiger partial charge on any atom is -0.439 e. The zero-order valence-corrected chi connectivity index (χ0v) is 21.5. The van der Waals surface area contributed by atoms with Gasteiger partial charge in [-0.2, -0.15) is 5.10 Å². The SMILES string of the molecule is CC(C)N(Cc1c(-c2ccccc2)nn(C)c1Oc1ccc(F)cc1)C[C@H](O)COCc1ccccc1. The maximum atomic E-state index is 13.5. The van der Waals surface area contributed by atoms with Gasteiger partial charge in [0.1, 0.15) is 17.3 Å². The minimum atomic E-state index is -0.663. The molecule has 3 aromatic carbocycles. The largest absolute Gasteiger partial charge is 0.439 e. The average Bonchev–Trinajstić information content (AvgIpc) is 3.20. The summed E-state index contributed by atoms with van der Waals surface area (Å²) in [4.78, 5) is 2.18. The fourth-order valence-corrected chi connectivity index (χ4v) is 4.14. The van der Waals surface area contributed by atoms with Crippen LogP contribution in [0.15, 0.2) is 84.9 Å². The van der Waals surface area contributed by atoms with E-state index in [4.69, 9.17) is 14.6 Å². The molecule has 6 nitrogen and oxygen atoms in total. The summed E-state index contributed by atoms with van der Waals surface area (Å²) in [6, 6.07) is 25.9. The van der Waals surface area contributed by atoms with Gasteiger partial charge in [-0.25, -0.2) is 9.07 Å². The fourth-order valence-electron chi connectivity index (χ4n) is 4.14. The molecule has 4 rings (SSSR count). The van der Waals surface area contributed by atoms with Crippen LogP contribution in [-0.2, 0) is 24.9 Å². The van der Waals surface area contributed by atoms with E-state index in [1.165, 1.54) is 12.1 Å². The average molecular weight is 504 g/mol. The fraction of sp³-hybridized carbons (Fsp3) is 0.300. The van der Waals surface area contributed by atoms with E-state index in [1.54, 1.807) is 16.8 Å². The standard InChI is InChI=1S/C30H34FN3O3/c1-22(2)34(18-26(35)21-36-20-23-10-6-4-7-11-23)19-28-29(24-12-8-5-9-13-24)32-33(3)30(28)37-27-16-14-25(31)15-17-27/h4-17,22,26,35H,18-21H2,1-3H3/t26-/m0/s1. The van der Waals surface area contributed by atoms with Crippen LogP contribution in [0.3, 0.4) is 0 Å². The normalized spacial score (nSPS) is 12.3. The number of aryl methyl sites for hydroxylation is 1. The summed E-state index contributed by atoms with van der Waals surface area (Å²) in [5.74, 6) is 0.777. The molecule has 4 aromatic rings. The van der Waals surface area contributed by atoms with Gasteiger partial charge in [0.2, 0.25) is 5.88 Å². The Morgan fingerprint density at radius 2 is 1.59 bits per heavy atom. The maximum Gasteiger partial charge on any atom is 0.222 e. The molecule has 0 aliphatic heterocycles. The van der Waals surface area contributed by atoms with Crippen LogP contribution in [0.2, 0.25) is 0 Å². The molecular weight excluding hydrogens is 469 g/mol. The lowest BCUT2D eigenvalue weighted by molar-refractivity contribution is 0.00306. The minimum absolute atomic E-state index is 0.145. The van der Waals surface area contributed by atoms with Crippen LogP contribution >= 0.6 is 0 Å². The van der Waals surface area contributed by atoms with Gasteiger partial charge < -0.3 is 14.6 Å². The first-order valence-corrected chi connectivity index (χ1v) is 12.5. The number of benzene rings is 3. The molecule has 1 N–H and O–H groups in total. The van der Waals surface area contributed by atoms with Crippen LogP contribution in [0.4, 0.5) is 4.39 Å². The number of aliphatic hydroxyl groups excluding tert-OH is 1. The Morgan fingerprint density at radius 3 is 2.24 bits per heavy atom. The highest BCUT2D eigenvalue weighted by Crippen LogP contribution is 2.34. The van der Waals surface area contributed by atoms with Crippen molar-refractivity contribution in [3.8, 4) is 22.9 Å². The Morgan fingerprint density at radius 1 is 0.946 bits per heavy atom. The molecule has 194 valence electrons. The molecule has 0 saturated heterocycles. The third kappa shape index (κ3) is 7.26. The lowest BCUT2D eigenvalue weighted by Gasteiger charge is -2.29. The van der Waals surface area contributed by atoms with Gasteiger partial charge in [-0.05, 0) is 43.7 Å². The predicted octanol–water partition coefficient (Wildman–Crippen LogP) is 5.81. The summed E-state index contributed by atoms with van der Waals surface area (Å²) in [6.45, 7) is 5.80. The maximum absolute atomic E-state index is 13.5.